The Hall–Kier alpha value is -0.860. The van der Waals surface area contributed by atoms with Crippen molar-refractivity contribution in [2.24, 2.45) is 0 Å². The summed E-state index contributed by atoms with van der Waals surface area (Å²) in [6, 6.07) is 11.5. The third-order valence-corrected chi connectivity index (χ3v) is 3.02. The summed E-state index contributed by atoms with van der Waals surface area (Å²) in [6.07, 6.45) is 2.83. The lowest BCUT2D eigenvalue weighted by molar-refractivity contribution is 0.0586. The molecule has 1 fully saturated rings. The number of rotatable bonds is 4. The highest BCUT2D eigenvalue weighted by atomic mass is 16.3. The highest BCUT2D eigenvalue weighted by Crippen LogP contribution is 2.20. The molecular formula is C13H19NO. The van der Waals surface area contributed by atoms with Crippen LogP contribution in [0.25, 0.3) is 0 Å². The lowest BCUT2D eigenvalue weighted by atomic mass is 9.88. The third-order valence-electron chi connectivity index (χ3n) is 3.02. The minimum atomic E-state index is -0.0635. The molecule has 0 radical (unpaired) electrons. The predicted octanol–water partition coefficient (Wildman–Crippen LogP) is 1.73. The van der Waals surface area contributed by atoms with Gasteiger partial charge in [0.2, 0.25) is 0 Å². The first kappa shape index (κ1) is 10.7. The second kappa shape index (κ2) is 4.77. The Labute approximate surface area is 91.3 Å². The Morgan fingerprint density at radius 3 is 2.60 bits per heavy atom. The normalized spacial score (nSPS) is 27.1. The zero-order chi connectivity index (χ0) is 10.7. The first-order valence-electron chi connectivity index (χ1n) is 5.72. The standard InChI is InChI=1S/C13H19NO/c1-10(14-12-8-13(15)9-12)7-11-5-3-2-4-6-11/h2-6,10,12-15H,7-9H2,1H3. The van der Waals surface area contributed by atoms with E-state index in [-0.39, 0.29) is 6.10 Å². The Bertz CT molecular complexity index is 293. The van der Waals surface area contributed by atoms with Crippen molar-refractivity contribution in [3.05, 3.63) is 35.9 Å². The van der Waals surface area contributed by atoms with Crippen molar-refractivity contribution in [2.45, 2.75) is 44.4 Å². The molecule has 0 saturated heterocycles. The van der Waals surface area contributed by atoms with Crippen molar-refractivity contribution in [2.75, 3.05) is 0 Å². The number of aliphatic hydroxyl groups excluding tert-OH is 1. The number of benzene rings is 1. The van der Waals surface area contributed by atoms with Gasteiger partial charge in [0.05, 0.1) is 6.10 Å². The van der Waals surface area contributed by atoms with Crippen molar-refractivity contribution >= 4 is 0 Å². The molecule has 2 rings (SSSR count). The average Bonchev–Trinajstić information content (AvgIpc) is 2.17. The van der Waals surface area contributed by atoms with Gasteiger partial charge in [-0.25, -0.2) is 0 Å². The number of hydrogen-bond acceptors (Lipinski definition) is 2. The molecule has 0 amide bonds. The van der Waals surface area contributed by atoms with E-state index in [1.54, 1.807) is 0 Å². The van der Waals surface area contributed by atoms with E-state index >= 15 is 0 Å². The van der Waals surface area contributed by atoms with Gasteiger partial charge in [0.1, 0.15) is 0 Å². The molecule has 82 valence electrons. The van der Waals surface area contributed by atoms with Crippen LogP contribution >= 0.6 is 0 Å². The second-order valence-electron chi connectivity index (χ2n) is 4.58. The summed E-state index contributed by atoms with van der Waals surface area (Å²) in [5.74, 6) is 0. The van der Waals surface area contributed by atoms with Crippen molar-refractivity contribution in [3.8, 4) is 0 Å². The molecule has 0 aromatic heterocycles. The van der Waals surface area contributed by atoms with Gasteiger partial charge in [0.25, 0.3) is 0 Å². The van der Waals surface area contributed by atoms with Crippen LogP contribution in [-0.4, -0.2) is 23.3 Å². The molecule has 1 aromatic carbocycles. The summed E-state index contributed by atoms with van der Waals surface area (Å²) in [6.45, 7) is 2.21. The Balaban J connectivity index is 1.75. The summed E-state index contributed by atoms with van der Waals surface area (Å²) in [5.41, 5.74) is 1.37. The largest absolute Gasteiger partial charge is 0.393 e. The van der Waals surface area contributed by atoms with Crippen LogP contribution in [0.1, 0.15) is 25.3 Å². The van der Waals surface area contributed by atoms with Gasteiger partial charge >= 0.3 is 0 Å². The van der Waals surface area contributed by atoms with Gasteiger partial charge in [0, 0.05) is 12.1 Å². The van der Waals surface area contributed by atoms with Gasteiger partial charge in [-0.15, -0.1) is 0 Å². The van der Waals surface area contributed by atoms with E-state index in [0.29, 0.717) is 12.1 Å². The van der Waals surface area contributed by atoms with Gasteiger partial charge in [-0.3, -0.25) is 0 Å². The van der Waals surface area contributed by atoms with Crippen molar-refractivity contribution in [1.29, 1.82) is 0 Å². The molecule has 0 heterocycles. The van der Waals surface area contributed by atoms with E-state index in [2.05, 4.69) is 36.5 Å². The van der Waals surface area contributed by atoms with Crippen molar-refractivity contribution in [3.63, 3.8) is 0 Å². The van der Waals surface area contributed by atoms with Gasteiger partial charge in [-0.05, 0) is 31.7 Å². The Kier molecular flexibility index (Phi) is 3.39. The fraction of sp³-hybridized carbons (Fsp3) is 0.538. The summed E-state index contributed by atoms with van der Waals surface area (Å²) in [4.78, 5) is 0. The van der Waals surface area contributed by atoms with Gasteiger partial charge in [-0.2, -0.15) is 0 Å². The van der Waals surface area contributed by atoms with Crippen LogP contribution in [0.2, 0.25) is 0 Å². The molecule has 1 atom stereocenters. The molecule has 1 saturated carbocycles. The first-order chi connectivity index (χ1) is 7.24. The second-order valence-corrected chi connectivity index (χ2v) is 4.58. The molecule has 2 nitrogen and oxygen atoms in total. The molecule has 2 N–H and O–H groups in total. The maximum Gasteiger partial charge on any atom is 0.0570 e. The fourth-order valence-corrected chi connectivity index (χ4v) is 2.15. The summed E-state index contributed by atoms with van der Waals surface area (Å²) in [5, 5.41) is 12.7. The SMILES string of the molecule is CC(Cc1ccccc1)NC1CC(O)C1. The van der Waals surface area contributed by atoms with Crippen LogP contribution < -0.4 is 5.32 Å². The number of hydrogen-bond donors (Lipinski definition) is 2. The number of nitrogens with one attached hydrogen (secondary N) is 1. The molecule has 1 aliphatic rings. The van der Waals surface area contributed by atoms with E-state index in [1.165, 1.54) is 5.56 Å². The van der Waals surface area contributed by atoms with E-state index in [4.69, 9.17) is 0 Å². The molecule has 1 aromatic rings. The van der Waals surface area contributed by atoms with E-state index < -0.39 is 0 Å². The molecule has 1 unspecified atom stereocenters. The van der Waals surface area contributed by atoms with Gasteiger partial charge in [0.15, 0.2) is 0 Å². The zero-order valence-corrected chi connectivity index (χ0v) is 9.19. The van der Waals surface area contributed by atoms with Crippen LogP contribution in [0.15, 0.2) is 30.3 Å². The number of aliphatic hydroxyl groups is 1. The van der Waals surface area contributed by atoms with Crippen LogP contribution in [0, 0.1) is 0 Å². The average molecular weight is 205 g/mol. The maximum absolute atomic E-state index is 9.18. The summed E-state index contributed by atoms with van der Waals surface area (Å²) < 4.78 is 0. The predicted molar refractivity (Wildman–Crippen MR) is 61.8 cm³/mol. The van der Waals surface area contributed by atoms with Crippen molar-refractivity contribution < 1.29 is 5.11 Å². The smallest absolute Gasteiger partial charge is 0.0570 e. The summed E-state index contributed by atoms with van der Waals surface area (Å²) in [7, 11) is 0. The van der Waals surface area contributed by atoms with E-state index in [1.807, 2.05) is 6.07 Å². The highest BCUT2D eigenvalue weighted by Gasteiger charge is 2.27. The topological polar surface area (TPSA) is 32.3 Å². The zero-order valence-electron chi connectivity index (χ0n) is 9.19. The van der Waals surface area contributed by atoms with Gasteiger partial charge in [-0.1, -0.05) is 30.3 Å². The maximum atomic E-state index is 9.18. The minimum absolute atomic E-state index is 0.0635. The van der Waals surface area contributed by atoms with Crippen LogP contribution in [-0.2, 0) is 6.42 Å². The van der Waals surface area contributed by atoms with Crippen molar-refractivity contribution in [1.82, 2.24) is 5.32 Å². The quantitative estimate of drug-likeness (QED) is 0.784. The molecule has 0 spiro atoms. The summed E-state index contributed by atoms with van der Waals surface area (Å²) >= 11 is 0. The highest BCUT2D eigenvalue weighted by molar-refractivity contribution is 5.15. The fourth-order valence-electron chi connectivity index (χ4n) is 2.15. The van der Waals surface area contributed by atoms with Crippen LogP contribution in [0.4, 0.5) is 0 Å². The van der Waals surface area contributed by atoms with Crippen LogP contribution in [0.3, 0.4) is 0 Å². The lowest BCUT2D eigenvalue weighted by Crippen LogP contribution is -2.48. The van der Waals surface area contributed by atoms with Gasteiger partial charge < -0.3 is 10.4 Å². The van der Waals surface area contributed by atoms with E-state index in [0.717, 1.165) is 19.3 Å². The van der Waals surface area contributed by atoms with Crippen LogP contribution in [0.5, 0.6) is 0 Å². The first-order valence-corrected chi connectivity index (χ1v) is 5.72. The minimum Gasteiger partial charge on any atom is -0.393 e. The third kappa shape index (κ3) is 3.05. The Morgan fingerprint density at radius 1 is 1.33 bits per heavy atom. The molecule has 0 bridgehead atoms. The monoisotopic (exact) mass is 205 g/mol. The Morgan fingerprint density at radius 2 is 2.00 bits per heavy atom. The molecule has 2 heteroatoms. The molecule has 15 heavy (non-hydrogen) atoms. The molecule has 1 aliphatic carbocycles. The van der Waals surface area contributed by atoms with E-state index in [9.17, 15) is 5.11 Å². The molecular weight excluding hydrogens is 186 g/mol. The lowest BCUT2D eigenvalue weighted by Gasteiger charge is -2.34. The molecule has 0 aliphatic heterocycles.